The molecule has 0 heterocycles. The first-order valence-electron chi connectivity index (χ1n) is 6.05. The number of nitrogens with one attached hydrogen (secondary N) is 1. The molecule has 0 radical (unpaired) electrons. The van der Waals surface area contributed by atoms with Crippen LogP contribution in [-0.4, -0.2) is 22.8 Å². The molecule has 4 heteroatoms. The number of hydrogen-bond donors (Lipinski definition) is 4. The van der Waals surface area contributed by atoms with Gasteiger partial charge in [-0.15, -0.1) is 0 Å². The van der Waals surface area contributed by atoms with Crippen molar-refractivity contribution in [2.24, 2.45) is 5.73 Å². The van der Waals surface area contributed by atoms with Crippen LogP contribution in [0.4, 0.5) is 5.69 Å². The number of aliphatic hydroxyl groups excluding tert-OH is 1. The number of aliphatic hydroxyl groups is 1. The maximum absolute atomic E-state index is 9.61. The van der Waals surface area contributed by atoms with Crippen molar-refractivity contribution in [2.45, 2.75) is 38.8 Å². The zero-order valence-electron chi connectivity index (χ0n) is 10.5. The second-order valence-corrected chi connectivity index (χ2v) is 4.38. The molecule has 1 aromatic carbocycles. The molecule has 0 fully saturated rings. The van der Waals surface area contributed by atoms with Crippen molar-refractivity contribution in [1.29, 1.82) is 0 Å². The molecular weight excluding hydrogens is 216 g/mol. The number of benzene rings is 1. The molecule has 96 valence electrons. The van der Waals surface area contributed by atoms with Gasteiger partial charge in [0.2, 0.25) is 0 Å². The van der Waals surface area contributed by atoms with Crippen LogP contribution in [0.3, 0.4) is 0 Å². The summed E-state index contributed by atoms with van der Waals surface area (Å²) in [6, 6.07) is 4.98. The molecule has 0 aromatic heterocycles. The predicted octanol–water partition coefficient (Wildman–Crippen LogP) is 1.98. The lowest BCUT2D eigenvalue weighted by Crippen LogP contribution is -2.29. The molecule has 0 bridgehead atoms. The number of rotatable bonds is 6. The van der Waals surface area contributed by atoms with Crippen molar-refractivity contribution in [3.05, 3.63) is 23.8 Å². The number of aromatic hydroxyl groups is 1. The van der Waals surface area contributed by atoms with E-state index >= 15 is 0 Å². The van der Waals surface area contributed by atoms with Gasteiger partial charge in [-0.3, -0.25) is 0 Å². The van der Waals surface area contributed by atoms with Crippen molar-refractivity contribution >= 4 is 5.69 Å². The zero-order valence-corrected chi connectivity index (χ0v) is 10.5. The van der Waals surface area contributed by atoms with Crippen molar-refractivity contribution in [2.75, 3.05) is 11.9 Å². The van der Waals surface area contributed by atoms with Crippen LogP contribution in [0.25, 0.3) is 0 Å². The summed E-state index contributed by atoms with van der Waals surface area (Å²) in [7, 11) is 0. The van der Waals surface area contributed by atoms with Crippen LogP contribution in [0.15, 0.2) is 18.2 Å². The number of anilines is 1. The Bertz CT molecular complexity index is 353. The van der Waals surface area contributed by atoms with Gasteiger partial charge in [-0.25, -0.2) is 0 Å². The van der Waals surface area contributed by atoms with E-state index in [0.29, 0.717) is 6.54 Å². The third-order valence-electron chi connectivity index (χ3n) is 2.70. The van der Waals surface area contributed by atoms with Gasteiger partial charge in [0.15, 0.2) is 0 Å². The molecule has 4 nitrogen and oxygen atoms in total. The number of nitrogens with two attached hydrogens (primary N) is 1. The van der Waals surface area contributed by atoms with Gasteiger partial charge >= 0.3 is 0 Å². The van der Waals surface area contributed by atoms with Gasteiger partial charge in [0, 0.05) is 29.9 Å². The van der Waals surface area contributed by atoms with E-state index in [4.69, 9.17) is 5.73 Å². The highest BCUT2D eigenvalue weighted by Crippen LogP contribution is 2.26. The molecule has 2 atom stereocenters. The summed E-state index contributed by atoms with van der Waals surface area (Å²) in [5.41, 5.74) is 7.42. The van der Waals surface area contributed by atoms with Gasteiger partial charge in [-0.05, 0) is 19.4 Å². The summed E-state index contributed by atoms with van der Waals surface area (Å²) in [5, 5.41) is 22.2. The van der Waals surface area contributed by atoms with Gasteiger partial charge in [-0.1, -0.05) is 19.4 Å². The summed E-state index contributed by atoms with van der Waals surface area (Å²) in [6.45, 7) is 4.43. The lowest BCUT2D eigenvalue weighted by molar-refractivity contribution is 0.200. The Balaban J connectivity index is 2.71. The Hall–Kier alpha value is -1.26. The van der Waals surface area contributed by atoms with Crippen molar-refractivity contribution in [1.82, 2.24) is 0 Å². The monoisotopic (exact) mass is 238 g/mol. The Morgan fingerprint density at radius 1 is 1.41 bits per heavy atom. The van der Waals surface area contributed by atoms with Gasteiger partial charge in [0.25, 0.3) is 0 Å². The molecule has 1 aromatic rings. The largest absolute Gasteiger partial charge is 0.508 e. The first-order valence-corrected chi connectivity index (χ1v) is 6.05. The molecule has 0 saturated carbocycles. The molecule has 1 rings (SSSR count). The topological polar surface area (TPSA) is 78.5 Å². The highest BCUT2D eigenvalue weighted by Gasteiger charge is 2.09. The van der Waals surface area contributed by atoms with E-state index in [0.717, 1.165) is 24.1 Å². The minimum absolute atomic E-state index is 0.0872. The lowest BCUT2D eigenvalue weighted by atomic mass is 10.1. The molecule has 0 saturated heterocycles. The van der Waals surface area contributed by atoms with Crippen molar-refractivity contribution in [3.8, 4) is 5.75 Å². The molecule has 0 amide bonds. The van der Waals surface area contributed by atoms with Gasteiger partial charge in [0.1, 0.15) is 5.75 Å². The van der Waals surface area contributed by atoms with Crippen LogP contribution >= 0.6 is 0 Å². The Morgan fingerprint density at radius 3 is 2.71 bits per heavy atom. The minimum atomic E-state index is -0.569. The standard InChI is InChI=1S/C13H22N2O2/c1-3-4-10(14)8-15-13-7-11(17)5-6-12(13)9(2)16/h5-7,9-10,15-17H,3-4,8,14H2,1-2H3. The third kappa shape index (κ3) is 4.24. The van der Waals surface area contributed by atoms with E-state index in [1.54, 1.807) is 25.1 Å². The molecule has 17 heavy (non-hydrogen) atoms. The smallest absolute Gasteiger partial charge is 0.117 e. The van der Waals surface area contributed by atoms with Crippen molar-refractivity contribution in [3.63, 3.8) is 0 Å². The van der Waals surface area contributed by atoms with Gasteiger partial charge in [0.05, 0.1) is 6.10 Å². The molecule has 0 aliphatic carbocycles. The summed E-state index contributed by atoms with van der Waals surface area (Å²) in [4.78, 5) is 0. The fraction of sp³-hybridized carbons (Fsp3) is 0.538. The second kappa shape index (κ2) is 6.47. The Morgan fingerprint density at radius 2 is 2.12 bits per heavy atom. The fourth-order valence-corrected chi connectivity index (χ4v) is 1.78. The Labute approximate surface area is 102 Å². The average molecular weight is 238 g/mol. The summed E-state index contributed by atoms with van der Waals surface area (Å²) in [6.07, 6.45) is 1.43. The predicted molar refractivity (Wildman–Crippen MR) is 70.1 cm³/mol. The fourth-order valence-electron chi connectivity index (χ4n) is 1.78. The van der Waals surface area contributed by atoms with Crippen molar-refractivity contribution < 1.29 is 10.2 Å². The highest BCUT2D eigenvalue weighted by molar-refractivity contribution is 5.55. The van der Waals surface area contributed by atoms with Crippen LogP contribution in [0.2, 0.25) is 0 Å². The molecule has 5 N–H and O–H groups in total. The van der Waals surface area contributed by atoms with E-state index in [9.17, 15) is 10.2 Å². The Kier molecular flexibility index (Phi) is 5.25. The molecule has 0 aliphatic heterocycles. The summed E-state index contributed by atoms with van der Waals surface area (Å²) in [5.74, 6) is 0.181. The lowest BCUT2D eigenvalue weighted by Gasteiger charge is -2.17. The highest BCUT2D eigenvalue weighted by atomic mass is 16.3. The van der Waals surface area contributed by atoms with Gasteiger partial charge < -0.3 is 21.3 Å². The van der Waals surface area contributed by atoms with Crippen LogP contribution in [0, 0.1) is 0 Å². The molecule has 0 aliphatic rings. The third-order valence-corrected chi connectivity index (χ3v) is 2.70. The minimum Gasteiger partial charge on any atom is -0.508 e. The van der Waals surface area contributed by atoms with E-state index in [-0.39, 0.29) is 11.8 Å². The van der Waals surface area contributed by atoms with Crippen LogP contribution in [0.1, 0.15) is 38.4 Å². The first-order chi connectivity index (χ1) is 8.04. The SMILES string of the molecule is CCCC(N)CNc1cc(O)ccc1C(C)O. The van der Waals surface area contributed by atoms with Gasteiger partial charge in [-0.2, -0.15) is 0 Å². The molecule has 0 spiro atoms. The zero-order chi connectivity index (χ0) is 12.8. The van der Waals surface area contributed by atoms with Crippen LogP contribution in [-0.2, 0) is 0 Å². The summed E-state index contributed by atoms with van der Waals surface area (Å²) < 4.78 is 0. The quantitative estimate of drug-likeness (QED) is 0.611. The van der Waals surface area contributed by atoms with E-state index in [1.807, 2.05) is 0 Å². The number of phenols is 1. The number of hydrogen-bond acceptors (Lipinski definition) is 4. The second-order valence-electron chi connectivity index (χ2n) is 4.38. The van der Waals surface area contributed by atoms with E-state index in [1.165, 1.54) is 0 Å². The molecular formula is C13H22N2O2. The van der Waals surface area contributed by atoms with Crippen LogP contribution in [0.5, 0.6) is 5.75 Å². The molecule has 2 unspecified atom stereocenters. The number of phenolic OH excluding ortho intramolecular Hbond substituents is 1. The normalized spacial score (nSPS) is 14.4. The van der Waals surface area contributed by atoms with E-state index in [2.05, 4.69) is 12.2 Å². The maximum atomic E-state index is 9.61. The summed E-state index contributed by atoms with van der Waals surface area (Å²) >= 11 is 0. The first kappa shape index (κ1) is 13.8. The average Bonchev–Trinajstić information content (AvgIpc) is 2.26. The van der Waals surface area contributed by atoms with Crippen LogP contribution < -0.4 is 11.1 Å². The maximum Gasteiger partial charge on any atom is 0.117 e. The van der Waals surface area contributed by atoms with E-state index < -0.39 is 6.10 Å².